The number of benzene rings is 2. The van der Waals surface area contributed by atoms with E-state index in [1.54, 1.807) is 24.3 Å². The smallest absolute Gasteiger partial charge is 0.321 e. The summed E-state index contributed by atoms with van der Waals surface area (Å²) in [5, 5.41) is 13.5. The van der Waals surface area contributed by atoms with Crippen LogP contribution in [0.4, 0.5) is 16.2 Å². The van der Waals surface area contributed by atoms with Gasteiger partial charge in [0.1, 0.15) is 0 Å². The second-order valence-electron chi connectivity index (χ2n) is 6.98. The van der Waals surface area contributed by atoms with E-state index in [1.165, 1.54) is 12.8 Å². The molecule has 0 radical (unpaired) electrons. The third-order valence-electron chi connectivity index (χ3n) is 4.97. The van der Waals surface area contributed by atoms with Crippen LogP contribution >= 0.6 is 0 Å². The molecule has 7 nitrogen and oxygen atoms in total. The lowest BCUT2D eigenvalue weighted by atomic mass is 10.2. The van der Waals surface area contributed by atoms with Crippen LogP contribution in [0.5, 0.6) is 0 Å². The number of amides is 3. The van der Waals surface area contributed by atoms with E-state index in [4.69, 9.17) is 0 Å². The number of nitrogens with zero attached hydrogens (tertiary/aromatic N) is 2. The number of urea groups is 1. The number of carbonyl (C=O) groups excluding carboxylic acids is 2. The van der Waals surface area contributed by atoms with Gasteiger partial charge in [-0.2, -0.15) is 5.10 Å². The lowest BCUT2D eigenvalue weighted by Gasteiger charge is -2.20. The molecule has 1 fully saturated rings. The molecule has 0 bridgehead atoms. The average Bonchev–Trinajstić information content (AvgIpc) is 2.95. The van der Waals surface area contributed by atoms with Gasteiger partial charge in [0.25, 0.3) is 5.91 Å². The maximum atomic E-state index is 12.5. The lowest BCUT2D eigenvalue weighted by Crippen LogP contribution is -2.35. The van der Waals surface area contributed by atoms with Gasteiger partial charge in [-0.25, -0.2) is 4.79 Å². The third-order valence-corrected chi connectivity index (χ3v) is 4.97. The number of H-pyrrole nitrogens is 1. The summed E-state index contributed by atoms with van der Waals surface area (Å²) in [6.45, 7) is 1.61. The standard InChI is InChI=1S/C21H23N5O2/c27-20(19-17-7-3-4-8-18(17)24-25-19)22-15-9-11-16(12-10-15)23-21(28)26-13-5-1-2-6-14-26/h3-4,7-12H,1-2,5-6,13-14H2,(H,22,27)(H,23,28)(H,24,25). The van der Waals surface area contributed by atoms with Gasteiger partial charge >= 0.3 is 6.03 Å². The van der Waals surface area contributed by atoms with Crippen LogP contribution in [0.3, 0.4) is 0 Å². The first-order valence-electron chi connectivity index (χ1n) is 9.61. The molecule has 0 aliphatic carbocycles. The summed E-state index contributed by atoms with van der Waals surface area (Å²) in [6, 6.07) is 14.5. The van der Waals surface area contributed by atoms with Gasteiger partial charge in [-0.3, -0.25) is 9.89 Å². The van der Waals surface area contributed by atoms with Gasteiger partial charge in [-0.05, 0) is 43.2 Å². The number of rotatable bonds is 3. The van der Waals surface area contributed by atoms with Crippen molar-refractivity contribution in [2.24, 2.45) is 0 Å². The molecular weight excluding hydrogens is 354 g/mol. The Kier molecular flexibility index (Phi) is 5.23. The molecule has 7 heteroatoms. The Morgan fingerprint density at radius 3 is 2.21 bits per heavy atom. The van der Waals surface area contributed by atoms with Crippen molar-refractivity contribution >= 4 is 34.2 Å². The van der Waals surface area contributed by atoms with Crippen molar-refractivity contribution < 1.29 is 9.59 Å². The van der Waals surface area contributed by atoms with E-state index in [1.807, 2.05) is 29.2 Å². The fourth-order valence-corrected chi connectivity index (χ4v) is 3.44. The molecular formula is C21H23N5O2. The molecule has 0 spiro atoms. The molecule has 1 saturated heterocycles. The summed E-state index contributed by atoms with van der Waals surface area (Å²) in [5.74, 6) is -0.279. The van der Waals surface area contributed by atoms with E-state index >= 15 is 0 Å². The maximum Gasteiger partial charge on any atom is 0.321 e. The number of carbonyl (C=O) groups is 2. The molecule has 1 aliphatic heterocycles. The van der Waals surface area contributed by atoms with Crippen molar-refractivity contribution in [2.45, 2.75) is 25.7 Å². The second-order valence-corrected chi connectivity index (χ2v) is 6.98. The average molecular weight is 377 g/mol. The summed E-state index contributed by atoms with van der Waals surface area (Å²) in [4.78, 5) is 26.8. The number of para-hydroxylation sites is 1. The Labute approximate surface area is 163 Å². The highest BCUT2D eigenvalue weighted by atomic mass is 16.2. The first-order valence-corrected chi connectivity index (χ1v) is 9.61. The largest absolute Gasteiger partial charge is 0.325 e. The van der Waals surface area contributed by atoms with Gasteiger partial charge in [0.05, 0.1) is 5.52 Å². The summed E-state index contributed by atoms with van der Waals surface area (Å²) in [5.41, 5.74) is 2.52. The summed E-state index contributed by atoms with van der Waals surface area (Å²) in [6.07, 6.45) is 4.48. The minimum absolute atomic E-state index is 0.0679. The van der Waals surface area contributed by atoms with E-state index in [0.717, 1.165) is 36.8 Å². The number of hydrogen-bond acceptors (Lipinski definition) is 3. The van der Waals surface area contributed by atoms with E-state index in [9.17, 15) is 9.59 Å². The Morgan fingerprint density at radius 1 is 0.857 bits per heavy atom. The van der Waals surface area contributed by atoms with Crippen LogP contribution in [0.2, 0.25) is 0 Å². The Bertz CT molecular complexity index is 972. The van der Waals surface area contributed by atoms with Gasteiger partial charge in [-0.1, -0.05) is 31.0 Å². The van der Waals surface area contributed by atoms with Crippen LogP contribution in [0, 0.1) is 0 Å². The van der Waals surface area contributed by atoms with Crippen LogP contribution in [-0.4, -0.2) is 40.1 Å². The Hall–Kier alpha value is -3.35. The summed E-state index contributed by atoms with van der Waals surface area (Å²) < 4.78 is 0. The minimum atomic E-state index is -0.279. The number of nitrogens with one attached hydrogen (secondary N) is 3. The van der Waals surface area contributed by atoms with E-state index in [-0.39, 0.29) is 11.9 Å². The minimum Gasteiger partial charge on any atom is -0.325 e. The molecule has 3 aromatic rings. The predicted octanol–water partition coefficient (Wildman–Crippen LogP) is 4.22. The van der Waals surface area contributed by atoms with Crippen LogP contribution in [0.25, 0.3) is 10.9 Å². The molecule has 3 amide bonds. The van der Waals surface area contributed by atoms with Crippen LogP contribution < -0.4 is 10.6 Å². The zero-order valence-electron chi connectivity index (χ0n) is 15.6. The second kappa shape index (κ2) is 8.12. The highest BCUT2D eigenvalue weighted by Crippen LogP contribution is 2.19. The number of hydrogen-bond donors (Lipinski definition) is 3. The van der Waals surface area contributed by atoms with Crippen molar-refractivity contribution in [1.82, 2.24) is 15.1 Å². The third kappa shape index (κ3) is 3.98. The zero-order valence-corrected chi connectivity index (χ0v) is 15.6. The summed E-state index contributed by atoms with van der Waals surface area (Å²) >= 11 is 0. The normalized spacial score (nSPS) is 14.5. The van der Waals surface area contributed by atoms with Crippen LogP contribution in [0.1, 0.15) is 36.2 Å². The molecule has 0 saturated carbocycles. The molecule has 1 aliphatic rings. The molecule has 4 rings (SSSR count). The number of aromatic nitrogens is 2. The fourth-order valence-electron chi connectivity index (χ4n) is 3.44. The molecule has 1 aromatic heterocycles. The first kappa shape index (κ1) is 18.0. The number of anilines is 2. The van der Waals surface area contributed by atoms with Crippen molar-refractivity contribution in [1.29, 1.82) is 0 Å². The van der Waals surface area contributed by atoms with Gasteiger partial charge in [0, 0.05) is 29.9 Å². The van der Waals surface area contributed by atoms with Gasteiger partial charge in [0.2, 0.25) is 0 Å². The van der Waals surface area contributed by atoms with Gasteiger partial charge in [-0.15, -0.1) is 0 Å². The predicted molar refractivity (Wildman–Crippen MR) is 110 cm³/mol. The molecule has 3 N–H and O–H groups in total. The lowest BCUT2D eigenvalue weighted by molar-refractivity contribution is 0.102. The Morgan fingerprint density at radius 2 is 1.50 bits per heavy atom. The SMILES string of the molecule is O=C(Nc1ccc(NC(=O)N2CCCCCC2)cc1)c1n[nH]c2ccccc12. The molecule has 2 aromatic carbocycles. The van der Waals surface area contributed by atoms with E-state index in [2.05, 4.69) is 20.8 Å². The van der Waals surface area contributed by atoms with E-state index < -0.39 is 0 Å². The molecule has 28 heavy (non-hydrogen) atoms. The molecule has 144 valence electrons. The highest BCUT2D eigenvalue weighted by molar-refractivity contribution is 6.11. The number of fused-ring (bicyclic) bond motifs is 1. The fraction of sp³-hybridized carbons (Fsp3) is 0.286. The Balaban J connectivity index is 1.39. The van der Waals surface area contributed by atoms with Crippen molar-refractivity contribution in [2.75, 3.05) is 23.7 Å². The molecule has 0 atom stereocenters. The zero-order chi connectivity index (χ0) is 19.3. The number of likely N-dealkylation sites (tertiary alicyclic amines) is 1. The summed E-state index contributed by atoms with van der Waals surface area (Å²) in [7, 11) is 0. The van der Waals surface area contributed by atoms with Crippen molar-refractivity contribution in [3.8, 4) is 0 Å². The van der Waals surface area contributed by atoms with Crippen molar-refractivity contribution in [3.63, 3.8) is 0 Å². The molecule has 2 heterocycles. The quantitative estimate of drug-likeness (QED) is 0.638. The van der Waals surface area contributed by atoms with Crippen LogP contribution in [0.15, 0.2) is 48.5 Å². The highest BCUT2D eigenvalue weighted by Gasteiger charge is 2.16. The topological polar surface area (TPSA) is 90.1 Å². The monoisotopic (exact) mass is 377 g/mol. The van der Waals surface area contributed by atoms with Gasteiger partial charge in [0.15, 0.2) is 5.69 Å². The number of aromatic amines is 1. The van der Waals surface area contributed by atoms with E-state index in [0.29, 0.717) is 17.1 Å². The van der Waals surface area contributed by atoms with Gasteiger partial charge < -0.3 is 15.5 Å². The van der Waals surface area contributed by atoms with Crippen LogP contribution in [-0.2, 0) is 0 Å². The first-order chi connectivity index (χ1) is 13.7. The maximum absolute atomic E-state index is 12.5. The molecule has 0 unspecified atom stereocenters. The van der Waals surface area contributed by atoms with Crippen molar-refractivity contribution in [3.05, 3.63) is 54.2 Å².